The molecule has 0 bridgehead atoms. The number of aromatic nitrogens is 1. The van der Waals surface area contributed by atoms with Crippen LogP contribution in [0.1, 0.15) is 27.3 Å². The van der Waals surface area contributed by atoms with Gasteiger partial charge in [0.15, 0.2) is 17.0 Å². The lowest BCUT2D eigenvalue weighted by molar-refractivity contribution is -0.145. The second kappa shape index (κ2) is 11.5. The Morgan fingerprint density at radius 2 is 1.78 bits per heavy atom. The molecule has 0 saturated carbocycles. The van der Waals surface area contributed by atoms with E-state index in [0.717, 1.165) is 13.2 Å². The first-order valence-electron chi connectivity index (χ1n) is 10.9. The zero-order valence-electron chi connectivity index (χ0n) is 20.1. The van der Waals surface area contributed by atoms with Crippen LogP contribution in [0, 0.1) is 0 Å². The number of carbonyl (C=O) groups is 3. The molecule has 0 fully saturated rings. The lowest BCUT2D eigenvalue weighted by atomic mass is 9.84. The number of Topliss-reactive ketones (excluding diaryl/α,β-unsaturated/α-hetero) is 1. The van der Waals surface area contributed by atoms with E-state index in [1.165, 1.54) is 42.2 Å². The summed E-state index contributed by atoms with van der Waals surface area (Å²) in [5.41, 5.74) is 10.6. The molecule has 1 unspecified atom stereocenters. The zero-order chi connectivity index (χ0) is 27.2. The van der Waals surface area contributed by atoms with Gasteiger partial charge in [-0.15, -0.1) is 0 Å². The summed E-state index contributed by atoms with van der Waals surface area (Å²) in [6, 6.07) is 15.1. The quantitative estimate of drug-likeness (QED) is 0.196. The Morgan fingerprint density at radius 3 is 2.41 bits per heavy atom. The van der Waals surface area contributed by atoms with Crippen LogP contribution in [-0.4, -0.2) is 55.7 Å². The van der Waals surface area contributed by atoms with Crippen molar-refractivity contribution in [3.05, 3.63) is 78.1 Å². The summed E-state index contributed by atoms with van der Waals surface area (Å²) in [5, 5.41) is 0. The molecule has 0 aliphatic heterocycles. The molecule has 194 valence electrons. The number of benzene rings is 2. The third-order valence-corrected chi connectivity index (χ3v) is 7.51. The maximum atomic E-state index is 13.7. The first-order valence-corrected chi connectivity index (χ1v) is 13.8. The highest BCUT2D eigenvalue weighted by molar-refractivity contribution is 7.98. The summed E-state index contributed by atoms with van der Waals surface area (Å²) in [5.74, 6) is -2.22. The van der Waals surface area contributed by atoms with Gasteiger partial charge in [-0.3, -0.25) is 9.59 Å². The molecule has 1 amide bonds. The third-order valence-electron chi connectivity index (χ3n) is 5.57. The Bertz CT molecular complexity index is 1430. The van der Waals surface area contributed by atoms with Crippen LogP contribution in [-0.2, 0) is 19.6 Å². The summed E-state index contributed by atoms with van der Waals surface area (Å²) in [7, 11) is -3.26. The number of amides is 1. The Kier molecular flexibility index (Phi) is 8.69. The number of methoxy groups -OCH3 is 1. The van der Waals surface area contributed by atoms with Crippen molar-refractivity contribution in [1.29, 1.82) is 0 Å². The van der Waals surface area contributed by atoms with Crippen LogP contribution in [0.25, 0.3) is 11.1 Å². The Balaban J connectivity index is 2.10. The number of esters is 1. The van der Waals surface area contributed by atoms with Crippen LogP contribution in [0.3, 0.4) is 0 Å². The molecule has 1 aromatic heterocycles. The van der Waals surface area contributed by atoms with Gasteiger partial charge in [0.2, 0.25) is 0 Å². The number of hydrogen-bond acceptors (Lipinski definition) is 10. The molecule has 1 atom stereocenters. The van der Waals surface area contributed by atoms with Crippen LogP contribution < -0.4 is 16.2 Å². The number of thioether (sulfide) groups is 1. The van der Waals surface area contributed by atoms with E-state index in [0.29, 0.717) is 11.3 Å². The minimum atomic E-state index is -4.40. The topological polar surface area (TPSA) is 172 Å². The van der Waals surface area contributed by atoms with Crippen molar-refractivity contribution in [2.45, 2.75) is 16.9 Å². The van der Waals surface area contributed by atoms with Gasteiger partial charge in [0.05, 0.1) is 17.7 Å². The SMILES string of the molecule is COC(=O)C(N)(CCSC)C(=O)c1ccc(S(=O)(=O)NC(=O)c2ncccc2N)cc1-c1ccccc1. The molecule has 10 nitrogen and oxygen atoms in total. The first kappa shape index (κ1) is 27.8. The van der Waals surface area contributed by atoms with Crippen LogP contribution in [0.2, 0.25) is 0 Å². The Labute approximate surface area is 218 Å². The number of rotatable bonds is 10. The number of anilines is 1. The van der Waals surface area contributed by atoms with Gasteiger partial charge in [-0.25, -0.2) is 22.9 Å². The Morgan fingerprint density at radius 1 is 1.08 bits per heavy atom. The Hall–Kier alpha value is -3.74. The molecule has 0 aliphatic carbocycles. The number of ether oxygens (including phenoxy) is 1. The van der Waals surface area contributed by atoms with Crippen molar-refractivity contribution in [3.8, 4) is 11.1 Å². The molecular weight excluding hydrogens is 516 g/mol. The van der Waals surface area contributed by atoms with Gasteiger partial charge >= 0.3 is 5.97 Å². The number of nitrogens with zero attached hydrogens (tertiary/aromatic N) is 1. The average molecular weight is 543 g/mol. The van der Waals surface area contributed by atoms with Gasteiger partial charge in [-0.1, -0.05) is 30.3 Å². The number of nitrogens with one attached hydrogen (secondary N) is 1. The van der Waals surface area contributed by atoms with E-state index in [2.05, 4.69) is 4.98 Å². The highest BCUT2D eigenvalue weighted by Crippen LogP contribution is 2.31. The predicted molar refractivity (Wildman–Crippen MR) is 141 cm³/mol. The molecule has 37 heavy (non-hydrogen) atoms. The third kappa shape index (κ3) is 5.98. The van der Waals surface area contributed by atoms with Crippen molar-refractivity contribution >= 4 is 45.1 Å². The maximum Gasteiger partial charge on any atom is 0.334 e. The van der Waals surface area contributed by atoms with E-state index >= 15 is 0 Å². The molecule has 0 saturated heterocycles. The van der Waals surface area contributed by atoms with Crippen LogP contribution in [0.5, 0.6) is 0 Å². The molecular formula is C25H26N4O6S2. The minimum absolute atomic E-state index is 0.00783. The standard InChI is InChI=1S/C25H26N4O6S2/c1-35-24(32)25(27,12-14-36-2)22(30)18-11-10-17(15-19(18)16-7-4-3-5-8-16)37(33,34)29-23(31)21-20(26)9-6-13-28-21/h3-11,13,15H,12,14,26-27H2,1-2H3,(H,29,31). The van der Waals surface area contributed by atoms with Crippen molar-refractivity contribution in [2.24, 2.45) is 5.73 Å². The highest BCUT2D eigenvalue weighted by atomic mass is 32.2. The van der Waals surface area contributed by atoms with Crippen LogP contribution in [0.4, 0.5) is 5.69 Å². The van der Waals surface area contributed by atoms with E-state index in [1.54, 1.807) is 30.3 Å². The maximum absolute atomic E-state index is 13.7. The van der Waals surface area contributed by atoms with Crippen LogP contribution in [0.15, 0.2) is 71.8 Å². The summed E-state index contributed by atoms with van der Waals surface area (Å²) in [6.07, 6.45) is 3.13. The average Bonchev–Trinajstić information content (AvgIpc) is 2.90. The van der Waals surface area contributed by atoms with E-state index in [9.17, 15) is 22.8 Å². The molecule has 1 heterocycles. The van der Waals surface area contributed by atoms with Crippen molar-refractivity contribution in [3.63, 3.8) is 0 Å². The van der Waals surface area contributed by atoms with E-state index < -0.39 is 33.2 Å². The number of sulfonamides is 1. The predicted octanol–water partition coefficient (Wildman–Crippen LogP) is 2.26. The van der Waals surface area contributed by atoms with E-state index in [1.807, 2.05) is 11.0 Å². The number of carbonyl (C=O) groups excluding carboxylic acids is 3. The normalized spacial score (nSPS) is 12.8. The van der Waals surface area contributed by atoms with Crippen molar-refractivity contribution in [2.75, 3.05) is 24.9 Å². The minimum Gasteiger partial charge on any atom is -0.467 e. The highest BCUT2D eigenvalue weighted by Gasteiger charge is 2.44. The molecule has 0 aliphatic rings. The number of hydrogen-bond donors (Lipinski definition) is 3. The summed E-state index contributed by atoms with van der Waals surface area (Å²) in [4.78, 5) is 42.3. The fraction of sp³-hybridized carbons (Fsp3) is 0.200. The molecule has 0 spiro atoms. The van der Waals surface area contributed by atoms with Gasteiger partial charge in [0.25, 0.3) is 15.9 Å². The molecule has 5 N–H and O–H groups in total. The summed E-state index contributed by atoms with van der Waals surface area (Å²) in [6.45, 7) is 0. The monoisotopic (exact) mass is 542 g/mol. The van der Waals surface area contributed by atoms with Gasteiger partial charge in [0, 0.05) is 11.8 Å². The lowest BCUT2D eigenvalue weighted by Gasteiger charge is -2.26. The number of nitrogens with two attached hydrogens (primary N) is 2. The largest absolute Gasteiger partial charge is 0.467 e. The van der Waals surface area contributed by atoms with Gasteiger partial charge in [-0.2, -0.15) is 11.8 Å². The second-order valence-electron chi connectivity index (χ2n) is 7.98. The fourth-order valence-electron chi connectivity index (χ4n) is 3.58. The van der Waals surface area contributed by atoms with Crippen LogP contribution >= 0.6 is 11.8 Å². The lowest BCUT2D eigenvalue weighted by Crippen LogP contribution is -2.56. The second-order valence-corrected chi connectivity index (χ2v) is 10.7. The molecule has 3 rings (SSSR count). The molecule has 3 aromatic rings. The molecule has 2 aromatic carbocycles. The van der Waals surface area contributed by atoms with E-state index in [-0.39, 0.29) is 33.8 Å². The summed E-state index contributed by atoms with van der Waals surface area (Å²) < 4.78 is 33.0. The number of pyridine rings is 1. The van der Waals surface area contributed by atoms with Crippen molar-refractivity contribution < 1.29 is 27.5 Å². The van der Waals surface area contributed by atoms with Crippen molar-refractivity contribution in [1.82, 2.24) is 9.71 Å². The smallest absolute Gasteiger partial charge is 0.334 e. The molecule has 0 radical (unpaired) electrons. The zero-order valence-corrected chi connectivity index (χ0v) is 21.8. The number of ketones is 1. The van der Waals surface area contributed by atoms with Gasteiger partial charge < -0.3 is 16.2 Å². The molecule has 12 heteroatoms. The summed E-state index contributed by atoms with van der Waals surface area (Å²) >= 11 is 1.41. The number of nitrogen functional groups attached to an aromatic ring is 1. The first-order chi connectivity index (χ1) is 17.5. The fourth-order valence-corrected chi connectivity index (χ4v) is 5.08. The van der Waals surface area contributed by atoms with Gasteiger partial charge in [-0.05, 0) is 59.9 Å². The van der Waals surface area contributed by atoms with Gasteiger partial charge in [0.1, 0.15) is 0 Å². The van der Waals surface area contributed by atoms with E-state index in [4.69, 9.17) is 16.2 Å².